The van der Waals surface area contributed by atoms with Crippen molar-refractivity contribution in [2.45, 2.75) is 0 Å². The van der Waals surface area contributed by atoms with E-state index in [1.54, 1.807) is 0 Å². The van der Waals surface area contributed by atoms with Crippen LogP contribution in [-0.4, -0.2) is 30.0 Å². The summed E-state index contributed by atoms with van der Waals surface area (Å²) < 4.78 is 10.2. The van der Waals surface area contributed by atoms with Crippen LogP contribution in [0.1, 0.15) is 10.4 Å². The number of hydrogen-bond donors (Lipinski definition) is 1. The molecule has 2 rings (SSSR count). The van der Waals surface area contributed by atoms with Gasteiger partial charge in [0.05, 0.1) is 46.4 Å². The summed E-state index contributed by atoms with van der Waals surface area (Å²) in [6.45, 7) is 0. The monoisotopic (exact) mass is 381 g/mol. The molecule has 0 atom stereocenters. The van der Waals surface area contributed by atoms with Crippen LogP contribution < -0.4 is 14.8 Å². The van der Waals surface area contributed by atoms with Gasteiger partial charge in [0.1, 0.15) is 11.5 Å². The number of anilines is 1. The van der Waals surface area contributed by atoms with Gasteiger partial charge in [-0.3, -0.25) is 25.0 Å². The van der Waals surface area contributed by atoms with E-state index in [0.717, 1.165) is 18.2 Å². The van der Waals surface area contributed by atoms with Gasteiger partial charge in [-0.05, 0) is 6.07 Å². The second-order valence-electron chi connectivity index (χ2n) is 4.89. The van der Waals surface area contributed by atoms with Crippen LogP contribution in [-0.2, 0) is 0 Å². The summed E-state index contributed by atoms with van der Waals surface area (Å²) in [4.78, 5) is 32.6. The Morgan fingerprint density at radius 2 is 1.50 bits per heavy atom. The second kappa shape index (κ2) is 7.66. The van der Waals surface area contributed by atoms with E-state index in [2.05, 4.69) is 5.32 Å². The van der Waals surface area contributed by atoms with Crippen molar-refractivity contribution < 1.29 is 24.1 Å². The molecule has 136 valence electrons. The van der Waals surface area contributed by atoms with E-state index in [4.69, 9.17) is 21.1 Å². The SMILES string of the molecule is COc1cc(OC)c(NC(=O)c2cc([N+](=O)[O-])cc([N+](=O)[O-])c2)cc1Cl. The van der Waals surface area contributed by atoms with Crippen molar-refractivity contribution in [3.63, 3.8) is 0 Å². The number of amides is 1. The van der Waals surface area contributed by atoms with Crippen LogP contribution >= 0.6 is 11.6 Å². The Hall–Kier alpha value is -3.40. The van der Waals surface area contributed by atoms with Gasteiger partial charge in [-0.2, -0.15) is 0 Å². The van der Waals surface area contributed by atoms with Gasteiger partial charge in [0, 0.05) is 18.2 Å². The number of hydrogen-bond acceptors (Lipinski definition) is 7. The van der Waals surface area contributed by atoms with Crippen LogP contribution in [0.5, 0.6) is 11.5 Å². The third kappa shape index (κ3) is 3.98. The molecule has 1 N–H and O–H groups in total. The molecule has 0 aliphatic carbocycles. The number of rotatable bonds is 6. The number of nitro groups is 2. The van der Waals surface area contributed by atoms with Crippen molar-refractivity contribution in [3.05, 3.63) is 61.1 Å². The highest BCUT2D eigenvalue weighted by molar-refractivity contribution is 6.32. The highest BCUT2D eigenvalue weighted by Crippen LogP contribution is 2.36. The predicted molar refractivity (Wildman–Crippen MR) is 92.3 cm³/mol. The van der Waals surface area contributed by atoms with Crippen LogP contribution in [0.2, 0.25) is 5.02 Å². The molecule has 0 spiro atoms. The third-order valence-electron chi connectivity index (χ3n) is 3.31. The first-order chi connectivity index (χ1) is 12.3. The average Bonchev–Trinajstić information content (AvgIpc) is 2.61. The van der Waals surface area contributed by atoms with Crippen LogP contribution in [0.3, 0.4) is 0 Å². The number of ether oxygens (including phenoxy) is 2. The summed E-state index contributed by atoms with van der Waals surface area (Å²) >= 11 is 6.01. The molecule has 2 aromatic rings. The summed E-state index contributed by atoms with van der Waals surface area (Å²) in [6, 6.07) is 5.43. The fourth-order valence-corrected chi connectivity index (χ4v) is 2.33. The number of methoxy groups -OCH3 is 2. The summed E-state index contributed by atoms with van der Waals surface area (Å²) in [5.74, 6) is -0.275. The van der Waals surface area contributed by atoms with Gasteiger partial charge in [0.15, 0.2) is 0 Å². The summed E-state index contributed by atoms with van der Waals surface area (Å²) in [6.07, 6.45) is 0. The summed E-state index contributed by atoms with van der Waals surface area (Å²) in [5.41, 5.74) is -1.26. The van der Waals surface area contributed by atoms with Gasteiger partial charge in [0.25, 0.3) is 17.3 Å². The van der Waals surface area contributed by atoms with E-state index in [1.807, 2.05) is 0 Å². The largest absolute Gasteiger partial charge is 0.495 e. The Morgan fingerprint density at radius 3 is 1.96 bits per heavy atom. The predicted octanol–water partition coefficient (Wildman–Crippen LogP) is 3.43. The molecule has 0 aliphatic heterocycles. The standard InChI is InChI=1S/C15H12ClN3O7/c1-25-13-7-14(26-2)12(6-11(13)16)17-15(20)8-3-9(18(21)22)5-10(4-8)19(23)24/h3-7H,1-2H3,(H,17,20). The zero-order chi connectivity index (χ0) is 19.4. The van der Waals surface area contributed by atoms with E-state index in [9.17, 15) is 25.0 Å². The van der Waals surface area contributed by atoms with Gasteiger partial charge in [-0.1, -0.05) is 11.6 Å². The Balaban J connectivity index is 2.43. The van der Waals surface area contributed by atoms with E-state index in [1.165, 1.54) is 26.4 Å². The molecule has 0 aromatic heterocycles. The van der Waals surface area contributed by atoms with Gasteiger partial charge >= 0.3 is 0 Å². The summed E-state index contributed by atoms with van der Waals surface area (Å²) in [7, 11) is 2.76. The maximum atomic E-state index is 12.4. The van der Waals surface area contributed by atoms with Crippen LogP contribution in [0.4, 0.5) is 17.1 Å². The smallest absolute Gasteiger partial charge is 0.277 e. The molecule has 26 heavy (non-hydrogen) atoms. The molecular weight excluding hydrogens is 370 g/mol. The first-order valence-corrected chi connectivity index (χ1v) is 7.31. The minimum atomic E-state index is -0.825. The third-order valence-corrected chi connectivity index (χ3v) is 3.60. The van der Waals surface area contributed by atoms with Gasteiger partial charge in [-0.15, -0.1) is 0 Å². The number of nitro benzene ring substituents is 2. The van der Waals surface area contributed by atoms with E-state index < -0.39 is 27.1 Å². The Bertz CT molecular complexity index is 869. The van der Waals surface area contributed by atoms with E-state index in [0.29, 0.717) is 5.75 Å². The number of non-ortho nitro benzene ring substituents is 2. The Kier molecular flexibility index (Phi) is 5.58. The average molecular weight is 382 g/mol. The zero-order valence-electron chi connectivity index (χ0n) is 13.5. The lowest BCUT2D eigenvalue weighted by Crippen LogP contribution is -2.13. The highest BCUT2D eigenvalue weighted by Gasteiger charge is 2.21. The molecule has 2 aromatic carbocycles. The van der Waals surface area contributed by atoms with Crippen molar-refractivity contribution in [2.24, 2.45) is 0 Å². The number of carbonyl (C=O) groups is 1. The lowest BCUT2D eigenvalue weighted by Gasteiger charge is -2.13. The molecule has 0 fully saturated rings. The Labute approximate surface area is 151 Å². The number of benzene rings is 2. The van der Waals surface area contributed by atoms with E-state index in [-0.39, 0.29) is 22.0 Å². The molecule has 11 heteroatoms. The van der Waals surface area contributed by atoms with Crippen molar-refractivity contribution in [1.29, 1.82) is 0 Å². The van der Waals surface area contributed by atoms with Crippen molar-refractivity contribution in [2.75, 3.05) is 19.5 Å². The first kappa shape index (κ1) is 18.9. The molecule has 0 heterocycles. The topological polar surface area (TPSA) is 134 Å². The first-order valence-electron chi connectivity index (χ1n) is 6.93. The normalized spacial score (nSPS) is 10.1. The zero-order valence-corrected chi connectivity index (χ0v) is 14.3. The molecule has 0 aliphatic rings. The molecule has 0 radical (unpaired) electrons. The lowest BCUT2D eigenvalue weighted by molar-refractivity contribution is -0.394. The molecule has 0 saturated heterocycles. The number of carbonyl (C=O) groups excluding carboxylic acids is 1. The van der Waals surface area contributed by atoms with Crippen molar-refractivity contribution in [1.82, 2.24) is 0 Å². The lowest BCUT2D eigenvalue weighted by atomic mass is 10.1. The van der Waals surface area contributed by atoms with Gasteiger partial charge in [-0.25, -0.2) is 0 Å². The molecule has 1 amide bonds. The summed E-state index contributed by atoms with van der Waals surface area (Å²) in [5, 5.41) is 24.5. The minimum Gasteiger partial charge on any atom is -0.495 e. The molecule has 10 nitrogen and oxygen atoms in total. The fraction of sp³-hybridized carbons (Fsp3) is 0.133. The van der Waals surface area contributed by atoms with Crippen molar-refractivity contribution >= 4 is 34.6 Å². The maximum Gasteiger partial charge on any atom is 0.277 e. The number of halogens is 1. The molecular formula is C15H12ClN3O7. The van der Waals surface area contributed by atoms with Gasteiger partial charge < -0.3 is 14.8 Å². The minimum absolute atomic E-state index is 0.164. The number of nitrogens with zero attached hydrogens (tertiary/aromatic N) is 2. The second-order valence-corrected chi connectivity index (χ2v) is 5.30. The highest BCUT2D eigenvalue weighted by atomic mass is 35.5. The van der Waals surface area contributed by atoms with Gasteiger partial charge in [0.2, 0.25) is 0 Å². The van der Waals surface area contributed by atoms with Crippen LogP contribution in [0.25, 0.3) is 0 Å². The fourth-order valence-electron chi connectivity index (χ4n) is 2.09. The maximum absolute atomic E-state index is 12.4. The van der Waals surface area contributed by atoms with Crippen LogP contribution in [0.15, 0.2) is 30.3 Å². The van der Waals surface area contributed by atoms with E-state index >= 15 is 0 Å². The van der Waals surface area contributed by atoms with Crippen LogP contribution in [0, 0.1) is 20.2 Å². The molecule has 0 unspecified atom stereocenters. The van der Waals surface area contributed by atoms with Crippen molar-refractivity contribution in [3.8, 4) is 11.5 Å². The quantitative estimate of drug-likeness (QED) is 0.598. The Morgan fingerprint density at radius 1 is 0.962 bits per heavy atom. The molecule has 0 bridgehead atoms. The molecule has 0 saturated carbocycles. The number of nitrogens with one attached hydrogen (secondary N) is 1.